The quantitative estimate of drug-likeness (QED) is 0.340. The standard InChI is InChI=1S/C9H9N3O2S/c1-2-5-8-6-3-4-7-9(8)15(13,14)12-11-10/h2-4,6-7H,1,5H2. The maximum absolute atomic E-state index is 11.5. The molecule has 0 unspecified atom stereocenters. The Morgan fingerprint density at radius 1 is 1.47 bits per heavy atom. The first-order valence-electron chi connectivity index (χ1n) is 4.12. The van der Waals surface area contributed by atoms with Gasteiger partial charge in [-0.1, -0.05) is 24.3 Å². The third-order valence-corrected chi connectivity index (χ3v) is 3.00. The van der Waals surface area contributed by atoms with Crippen molar-refractivity contribution in [2.75, 3.05) is 0 Å². The molecule has 15 heavy (non-hydrogen) atoms. The Morgan fingerprint density at radius 3 is 2.73 bits per heavy atom. The second-order valence-electron chi connectivity index (χ2n) is 2.75. The fourth-order valence-corrected chi connectivity index (χ4v) is 2.09. The number of hydrogen-bond acceptors (Lipinski definition) is 2. The highest BCUT2D eigenvalue weighted by Gasteiger charge is 2.15. The molecular weight excluding hydrogens is 214 g/mol. The van der Waals surface area contributed by atoms with Crippen LogP contribution in [0, 0.1) is 0 Å². The van der Waals surface area contributed by atoms with E-state index >= 15 is 0 Å². The zero-order valence-corrected chi connectivity index (χ0v) is 8.68. The molecule has 0 atom stereocenters. The number of benzene rings is 1. The molecule has 0 radical (unpaired) electrons. The minimum Gasteiger partial charge on any atom is -0.216 e. The summed E-state index contributed by atoms with van der Waals surface area (Å²) in [6.07, 6.45) is 2.00. The molecule has 0 fully saturated rings. The van der Waals surface area contributed by atoms with Gasteiger partial charge in [-0.25, -0.2) is 8.42 Å². The van der Waals surface area contributed by atoms with Gasteiger partial charge in [0.05, 0.1) is 4.90 Å². The molecular formula is C9H9N3O2S. The van der Waals surface area contributed by atoms with Crippen LogP contribution >= 0.6 is 0 Å². The summed E-state index contributed by atoms with van der Waals surface area (Å²) in [6.45, 7) is 3.53. The van der Waals surface area contributed by atoms with E-state index in [9.17, 15) is 8.42 Å². The van der Waals surface area contributed by atoms with E-state index in [-0.39, 0.29) is 4.90 Å². The largest absolute Gasteiger partial charge is 0.264 e. The van der Waals surface area contributed by atoms with Crippen LogP contribution in [0.25, 0.3) is 10.4 Å². The topological polar surface area (TPSA) is 82.9 Å². The van der Waals surface area contributed by atoms with Crippen molar-refractivity contribution in [3.05, 3.63) is 52.9 Å². The maximum Gasteiger partial charge on any atom is 0.264 e. The average molecular weight is 223 g/mol. The lowest BCUT2D eigenvalue weighted by Crippen LogP contribution is -2.00. The zero-order chi connectivity index (χ0) is 11.3. The molecule has 0 spiro atoms. The third-order valence-electron chi connectivity index (χ3n) is 1.76. The Morgan fingerprint density at radius 2 is 2.13 bits per heavy atom. The summed E-state index contributed by atoms with van der Waals surface area (Å²) in [5.74, 6) is 0. The van der Waals surface area contributed by atoms with Gasteiger partial charge < -0.3 is 0 Å². The monoisotopic (exact) mass is 223 g/mol. The van der Waals surface area contributed by atoms with E-state index in [2.05, 4.69) is 16.0 Å². The molecule has 0 N–H and O–H groups in total. The van der Waals surface area contributed by atoms with E-state index in [0.717, 1.165) is 0 Å². The van der Waals surface area contributed by atoms with E-state index in [4.69, 9.17) is 5.53 Å². The van der Waals surface area contributed by atoms with Crippen LogP contribution < -0.4 is 0 Å². The van der Waals surface area contributed by atoms with Gasteiger partial charge in [0.25, 0.3) is 10.0 Å². The zero-order valence-electron chi connectivity index (χ0n) is 7.87. The van der Waals surface area contributed by atoms with Crippen LogP contribution in [0.5, 0.6) is 0 Å². The van der Waals surface area contributed by atoms with Crippen LogP contribution in [0.1, 0.15) is 5.56 Å². The van der Waals surface area contributed by atoms with Crippen molar-refractivity contribution >= 4 is 10.0 Å². The van der Waals surface area contributed by atoms with Crippen molar-refractivity contribution in [2.45, 2.75) is 11.3 Å². The predicted octanol–water partition coefficient (Wildman–Crippen LogP) is 2.41. The van der Waals surface area contributed by atoms with Gasteiger partial charge in [-0.15, -0.1) is 6.58 Å². The predicted molar refractivity (Wildman–Crippen MR) is 56.7 cm³/mol. The molecule has 0 aliphatic heterocycles. The molecule has 0 amide bonds. The van der Waals surface area contributed by atoms with E-state index < -0.39 is 10.0 Å². The number of nitrogens with zero attached hydrogens (tertiary/aromatic N) is 3. The van der Waals surface area contributed by atoms with Gasteiger partial charge in [-0.3, -0.25) is 0 Å². The first-order chi connectivity index (χ1) is 7.11. The average Bonchev–Trinajstić information content (AvgIpc) is 2.19. The van der Waals surface area contributed by atoms with Crippen molar-refractivity contribution in [3.8, 4) is 0 Å². The van der Waals surface area contributed by atoms with Gasteiger partial charge in [0.15, 0.2) is 0 Å². The summed E-state index contributed by atoms with van der Waals surface area (Å²) in [5, 5.41) is 0. The molecule has 0 aliphatic carbocycles. The molecule has 6 heteroatoms. The Bertz CT molecular complexity index is 516. The second kappa shape index (κ2) is 4.63. The molecule has 0 saturated heterocycles. The molecule has 0 heterocycles. The van der Waals surface area contributed by atoms with Crippen molar-refractivity contribution < 1.29 is 8.42 Å². The lowest BCUT2D eigenvalue weighted by molar-refractivity contribution is 0.596. The van der Waals surface area contributed by atoms with Gasteiger partial charge >= 0.3 is 0 Å². The number of azide groups is 1. The van der Waals surface area contributed by atoms with E-state index in [1.807, 2.05) is 0 Å². The van der Waals surface area contributed by atoms with Gasteiger partial charge in [-0.2, -0.15) is 0 Å². The molecule has 1 rings (SSSR count). The van der Waals surface area contributed by atoms with Crippen LogP contribution in [-0.4, -0.2) is 8.42 Å². The third kappa shape index (κ3) is 2.59. The second-order valence-corrected chi connectivity index (χ2v) is 4.30. The van der Waals surface area contributed by atoms with Crippen LogP contribution in [0.4, 0.5) is 0 Å². The van der Waals surface area contributed by atoms with Gasteiger partial charge in [0, 0.05) is 9.43 Å². The molecule has 0 aromatic heterocycles. The molecule has 0 saturated carbocycles. The summed E-state index contributed by atoms with van der Waals surface area (Å²) >= 11 is 0. The summed E-state index contributed by atoms with van der Waals surface area (Å²) in [4.78, 5) is 2.33. The van der Waals surface area contributed by atoms with Crippen molar-refractivity contribution in [2.24, 2.45) is 4.52 Å². The first kappa shape index (κ1) is 11.3. The van der Waals surface area contributed by atoms with E-state index in [1.54, 1.807) is 24.3 Å². The van der Waals surface area contributed by atoms with Gasteiger partial charge in [-0.05, 0) is 23.6 Å². The van der Waals surface area contributed by atoms with E-state index in [0.29, 0.717) is 12.0 Å². The lowest BCUT2D eigenvalue weighted by atomic mass is 10.1. The summed E-state index contributed by atoms with van der Waals surface area (Å²) in [6, 6.07) is 6.35. The fourth-order valence-electron chi connectivity index (χ4n) is 1.17. The van der Waals surface area contributed by atoms with Crippen molar-refractivity contribution in [1.29, 1.82) is 0 Å². The van der Waals surface area contributed by atoms with Crippen LogP contribution in [0.3, 0.4) is 0 Å². The molecule has 5 nitrogen and oxygen atoms in total. The molecule has 1 aromatic rings. The van der Waals surface area contributed by atoms with Gasteiger partial charge in [0.1, 0.15) is 0 Å². The molecule has 0 aliphatic rings. The van der Waals surface area contributed by atoms with Crippen molar-refractivity contribution in [3.63, 3.8) is 0 Å². The highest BCUT2D eigenvalue weighted by Crippen LogP contribution is 2.18. The lowest BCUT2D eigenvalue weighted by Gasteiger charge is -2.03. The highest BCUT2D eigenvalue weighted by molar-refractivity contribution is 7.90. The maximum atomic E-state index is 11.5. The fraction of sp³-hybridized carbons (Fsp3) is 0.111. The minimum atomic E-state index is -3.90. The summed E-state index contributed by atoms with van der Waals surface area (Å²) in [7, 11) is -3.90. The Labute approximate surface area is 87.7 Å². The van der Waals surface area contributed by atoms with Crippen LogP contribution in [-0.2, 0) is 16.4 Å². The van der Waals surface area contributed by atoms with Crippen molar-refractivity contribution in [1.82, 2.24) is 0 Å². The Hall–Kier alpha value is -1.78. The number of sulfonamides is 1. The van der Waals surface area contributed by atoms with Crippen LogP contribution in [0.2, 0.25) is 0 Å². The minimum absolute atomic E-state index is 0.0303. The van der Waals surface area contributed by atoms with Crippen LogP contribution in [0.15, 0.2) is 46.3 Å². The SMILES string of the molecule is C=CCc1ccccc1S(=O)(=O)N=[N+]=[N-]. The van der Waals surface area contributed by atoms with Gasteiger partial charge in [0.2, 0.25) is 0 Å². The first-order valence-corrected chi connectivity index (χ1v) is 5.56. The normalized spacial score (nSPS) is 10.4. The van der Waals surface area contributed by atoms with E-state index in [1.165, 1.54) is 6.07 Å². The molecule has 1 aromatic carbocycles. The number of allylic oxidation sites excluding steroid dienone is 1. The number of rotatable bonds is 4. The Kier molecular flexibility index (Phi) is 3.49. The molecule has 0 bridgehead atoms. The Balaban J connectivity index is 3.36. The summed E-state index contributed by atoms with van der Waals surface area (Å²) < 4.78 is 25.7. The number of hydrogen-bond donors (Lipinski definition) is 0. The molecule has 78 valence electrons. The smallest absolute Gasteiger partial charge is 0.216 e. The highest BCUT2D eigenvalue weighted by atomic mass is 32.2. The summed E-state index contributed by atoms with van der Waals surface area (Å²) in [5.41, 5.74) is 8.71.